The van der Waals surface area contributed by atoms with Gasteiger partial charge in [-0.25, -0.2) is 9.69 Å². The van der Waals surface area contributed by atoms with E-state index >= 15 is 0 Å². The lowest BCUT2D eigenvalue weighted by Crippen LogP contribution is -2.32. The van der Waals surface area contributed by atoms with E-state index < -0.39 is 0 Å². The van der Waals surface area contributed by atoms with E-state index in [2.05, 4.69) is 15.9 Å². The number of carbonyl (C=O) groups is 2. The monoisotopic (exact) mass is 374 g/mol. The van der Waals surface area contributed by atoms with Crippen molar-refractivity contribution in [3.05, 3.63) is 58.6 Å². The molecule has 118 valence electrons. The molecule has 0 N–H and O–H groups in total. The van der Waals surface area contributed by atoms with Gasteiger partial charge in [0.25, 0.3) is 5.91 Å². The lowest BCUT2D eigenvalue weighted by atomic mass is 10.2. The first kappa shape index (κ1) is 15.6. The maximum atomic E-state index is 12.5. The van der Waals surface area contributed by atoms with E-state index in [1.165, 1.54) is 9.80 Å². The van der Waals surface area contributed by atoms with Crippen LogP contribution in [0.3, 0.4) is 0 Å². The summed E-state index contributed by atoms with van der Waals surface area (Å²) in [5.41, 5.74) is 1.50. The number of halogens is 1. The zero-order valence-electron chi connectivity index (χ0n) is 12.5. The maximum absolute atomic E-state index is 12.5. The van der Waals surface area contributed by atoms with E-state index in [0.29, 0.717) is 12.2 Å². The number of carbonyl (C=O) groups excluding carboxylic acids is 2. The number of imide groups is 1. The third kappa shape index (κ3) is 3.22. The molecule has 0 atom stereocenters. The van der Waals surface area contributed by atoms with Gasteiger partial charge in [-0.05, 0) is 42.0 Å². The highest BCUT2D eigenvalue weighted by Gasteiger charge is 2.36. The van der Waals surface area contributed by atoms with Crippen LogP contribution in [0.25, 0.3) is 0 Å². The smallest absolute Gasteiger partial charge is 0.332 e. The van der Waals surface area contributed by atoms with Crippen molar-refractivity contribution in [3.63, 3.8) is 0 Å². The first-order valence-electron chi connectivity index (χ1n) is 7.09. The van der Waals surface area contributed by atoms with Crippen molar-refractivity contribution in [3.8, 4) is 5.75 Å². The number of ether oxygens (including phenoxy) is 1. The van der Waals surface area contributed by atoms with Crippen molar-refractivity contribution in [2.24, 2.45) is 0 Å². The highest BCUT2D eigenvalue weighted by molar-refractivity contribution is 9.10. The van der Waals surface area contributed by atoms with Crippen molar-refractivity contribution in [1.82, 2.24) is 4.90 Å². The highest BCUT2D eigenvalue weighted by atomic mass is 79.9. The van der Waals surface area contributed by atoms with Gasteiger partial charge < -0.3 is 9.64 Å². The molecule has 6 heteroatoms. The van der Waals surface area contributed by atoms with Crippen molar-refractivity contribution < 1.29 is 14.3 Å². The van der Waals surface area contributed by atoms with Gasteiger partial charge in [-0.15, -0.1) is 0 Å². The van der Waals surface area contributed by atoms with Gasteiger partial charge in [-0.2, -0.15) is 0 Å². The summed E-state index contributed by atoms with van der Waals surface area (Å²) in [4.78, 5) is 27.5. The van der Waals surface area contributed by atoms with E-state index in [1.807, 2.05) is 24.3 Å². The Morgan fingerprint density at radius 2 is 1.87 bits per heavy atom. The number of amides is 3. The van der Waals surface area contributed by atoms with Gasteiger partial charge in [0.2, 0.25) is 0 Å². The number of benzene rings is 2. The molecule has 0 saturated carbocycles. The number of hydrogen-bond donors (Lipinski definition) is 0. The fourth-order valence-corrected chi connectivity index (χ4v) is 2.77. The molecule has 2 aromatic rings. The molecule has 0 aromatic heterocycles. The third-order valence-electron chi connectivity index (χ3n) is 3.63. The number of anilines is 1. The Bertz CT molecular complexity index is 746. The summed E-state index contributed by atoms with van der Waals surface area (Å²) in [6.45, 7) is 0.445. The van der Waals surface area contributed by atoms with Crippen LogP contribution < -0.4 is 9.64 Å². The van der Waals surface area contributed by atoms with E-state index in [-0.39, 0.29) is 18.5 Å². The molecule has 0 unspecified atom stereocenters. The summed E-state index contributed by atoms with van der Waals surface area (Å²) in [6.07, 6.45) is 0. The van der Waals surface area contributed by atoms with Crippen LogP contribution in [0.4, 0.5) is 10.5 Å². The van der Waals surface area contributed by atoms with Gasteiger partial charge in [0, 0.05) is 11.0 Å². The Kier molecular flexibility index (Phi) is 4.34. The number of urea groups is 1. The van der Waals surface area contributed by atoms with Crippen molar-refractivity contribution >= 4 is 33.6 Å². The standard InChI is InChI=1S/C17H15BrN2O3/c1-23-15-4-2-3-12(9-15)10-19-11-16(21)20(17(19)22)14-7-5-13(18)6-8-14/h2-9H,10-11H2,1H3. The second-order valence-corrected chi connectivity index (χ2v) is 6.11. The summed E-state index contributed by atoms with van der Waals surface area (Å²) in [5, 5.41) is 0. The lowest BCUT2D eigenvalue weighted by Gasteiger charge is -2.17. The van der Waals surface area contributed by atoms with Gasteiger partial charge in [0.05, 0.1) is 12.8 Å². The Balaban J connectivity index is 1.79. The molecule has 1 saturated heterocycles. The van der Waals surface area contributed by atoms with Gasteiger partial charge >= 0.3 is 6.03 Å². The third-order valence-corrected chi connectivity index (χ3v) is 4.16. The number of nitrogens with zero attached hydrogens (tertiary/aromatic N) is 2. The van der Waals surface area contributed by atoms with Gasteiger partial charge in [0.1, 0.15) is 12.3 Å². The zero-order valence-corrected chi connectivity index (χ0v) is 14.1. The second kappa shape index (κ2) is 6.42. The van der Waals surface area contributed by atoms with Gasteiger partial charge in [-0.3, -0.25) is 4.79 Å². The number of hydrogen-bond acceptors (Lipinski definition) is 3. The molecule has 3 rings (SSSR count). The van der Waals surface area contributed by atoms with E-state index in [9.17, 15) is 9.59 Å². The summed E-state index contributed by atoms with van der Waals surface area (Å²) in [6, 6.07) is 14.3. The average Bonchev–Trinajstić information content (AvgIpc) is 2.83. The quantitative estimate of drug-likeness (QED) is 0.770. The van der Waals surface area contributed by atoms with Crippen LogP contribution >= 0.6 is 15.9 Å². The molecule has 1 aliphatic rings. The lowest BCUT2D eigenvalue weighted by molar-refractivity contribution is -0.116. The van der Waals surface area contributed by atoms with Crippen LogP contribution in [0.1, 0.15) is 5.56 Å². The minimum absolute atomic E-state index is 0.0755. The maximum Gasteiger partial charge on any atom is 0.332 e. The predicted octanol–water partition coefficient (Wildman–Crippen LogP) is 3.43. The molecule has 0 aliphatic carbocycles. The molecular formula is C17H15BrN2O3. The first-order valence-corrected chi connectivity index (χ1v) is 7.88. The summed E-state index contributed by atoms with van der Waals surface area (Å²) in [5.74, 6) is 0.505. The van der Waals surface area contributed by atoms with Crippen LogP contribution in [-0.4, -0.2) is 30.5 Å². The second-order valence-electron chi connectivity index (χ2n) is 5.20. The Labute approximate surface area is 142 Å². The van der Waals surface area contributed by atoms with Crippen molar-refractivity contribution in [2.75, 3.05) is 18.6 Å². The van der Waals surface area contributed by atoms with Crippen LogP contribution in [0.2, 0.25) is 0 Å². The fourth-order valence-electron chi connectivity index (χ4n) is 2.51. The van der Waals surface area contributed by atoms with Crippen LogP contribution in [0, 0.1) is 0 Å². The number of rotatable bonds is 4. The molecule has 0 bridgehead atoms. The minimum Gasteiger partial charge on any atom is -0.497 e. The van der Waals surface area contributed by atoms with E-state index in [4.69, 9.17) is 4.74 Å². The molecule has 0 radical (unpaired) electrons. The van der Waals surface area contributed by atoms with Crippen LogP contribution in [0.5, 0.6) is 5.75 Å². The molecule has 3 amide bonds. The molecule has 2 aromatic carbocycles. The van der Waals surface area contributed by atoms with Crippen LogP contribution in [-0.2, 0) is 11.3 Å². The summed E-state index contributed by atoms with van der Waals surface area (Å²) in [7, 11) is 1.60. The van der Waals surface area contributed by atoms with Gasteiger partial charge in [0.15, 0.2) is 0 Å². The van der Waals surface area contributed by atoms with Crippen molar-refractivity contribution in [1.29, 1.82) is 0 Å². The normalized spacial score (nSPS) is 14.5. The topological polar surface area (TPSA) is 49.9 Å². The SMILES string of the molecule is COc1cccc(CN2CC(=O)N(c3ccc(Br)cc3)C2=O)c1. The molecule has 1 aliphatic heterocycles. The fraction of sp³-hybridized carbons (Fsp3) is 0.176. The summed E-state index contributed by atoms with van der Waals surface area (Å²) >= 11 is 3.34. The van der Waals surface area contributed by atoms with Gasteiger partial charge in [-0.1, -0.05) is 28.1 Å². The number of methoxy groups -OCH3 is 1. The molecule has 1 fully saturated rings. The minimum atomic E-state index is -0.305. The molecule has 0 spiro atoms. The molecule has 1 heterocycles. The largest absolute Gasteiger partial charge is 0.497 e. The summed E-state index contributed by atoms with van der Waals surface area (Å²) < 4.78 is 6.08. The Hall–Kier alpha value is -2.34. The zero-order chi connectivity index (χ0) is 16.4. The average molecular weight is 375 g/mol. The Morgan fingerprint density at radius 1 is 1.13 bits per heavy atom. The molecule has 5 nitrogen and oxygen atoms in total. The van der Waals surface area contributed by atoms with Crippen molar-refractivity contribution in [2.45, 2.75) is 6.54 Å². The predicted molar refractivity (Wildman–Crippen MR) is 90.4 cm³/mol. The van der Waals surface area contributed by atoms with Crippen LogP contribution in [0.15, 0.2) is 53.0 Å². The molecule has 23 heavy (non-hydrogen) atoms. The highest BCUT2D eigenvalue weighted by Crippen LogP contribution is 2.25. The molecular weight excluding hydrogens is 360 g/mol. The van der Waals surface area contributed by atoms with E-state index in [0.717, 1.165) is 15.8 Å². The first-order chi connectivity index (χ1) is 11.1. The van der Waals surface area contributed by atoms with E-state index in [1.54, 1.807) is 31.4 Å². The Morgan fingerprint density at radius 3 is 2.57 bits per heavy atom.